The fourth-order valence-electron chi connectivity index (χ4n) is 0.532. The van der Waals surface area contributed by atoms with E-state index in [2.05, 4.69) is 4.74 Å². The van der Waals surface area contributed by atoms with Crippen LogP contribution in [0.25, 0.3) is 0 Å². The van der Waals surface area contributed by atoms with Gasteiger partial charge in [-0.15, -0.1) is 0 Å². The summed E-state index contributed by atoms with van der Waals surface area (Å²) in [7, 11) is -1.98. The number of hydrogen-bond donors (Lipinski definition) is 0. The third-order valence-electron chi connectivity index (χ3n) is 0.829. The predicted molar refractivity (Wildman–Crippen MR) is 45.3 cm³/mol. The van der Waals surface area contributed by atoms with E-state index in [9.17, 15) is 8.78 Å². The minimum absolute atomic E-state index is 0.192. The normalized spacial score (nSPS) is 10.8. The SMILES string of the molecule is CCOC(O[Si](C)(C)C)=C(F)F. The minimum Gasteiger partial charge on any atom is -0.516 e. The van der Waals surface area contributed by atoms with Crippen LogP contribution in [0, 0.1) is 0 Å². The maximum Gasteiger partial charge on any atom is 0.348 e. The molecule has 0 aromatic heterocycles. The van der Waals surface area contributed by atoms with Crippen molar-refractivity contribution in [1.29, 1.82) is 0 Å². The van der Waals surface area contributed by atoms with Gasteiger partial charge < -0.3 is 9.16 Å². The molecule has 0 atom stereocenters. The molecule has 0 aromatic carbocycles. The molecule has 0 spiro atoms. The Labute approximate surface area is 72.3 Å². The first-order valence-corrected chi connectivity index (χ1v) is 7.14. The Morgan fingerprint density at radius 2 is 1.75 bits per heavy atom. The van der Waals surface area contributed by atoms with E-state index in [1.165, 1.54) is 0 Å². The summed E-state index contributed by atoms with van der Waals surface area (Å²) in [6, 6.07) is 0. The van der Waals surface area contributed by atoms with Gasteiger partial charge in [0.2, 0.25) is 8.32 Å². The molecule has 0 unspecified atom stereocenters. The lowest BCUT2D eigenvalue weighted by Gasteiger charge is -2.19. The van der Waals surface area contributed by atoms with Crippen molar-refractivity contribution in [2.75, 3.05) is 6.61 Å². The Morgan fingerprint density at radius 1 is 1.25 bits per heavy atom. The summed E-state index contributed by atoms with van der Waals surface area (Å²) in [5.41, 5.74) is 0. The molecule has 0 aliphatic carbocycles. The zero-order valence-electron chi connectivity index (χ0n) is 7.78. The Balaban J connectivity index is 4.26. The topological polar surface area (TPSA) is 18.5 Å². The van der Waals surface area contributed by atoms with Gasteiger partial charge in [-0.1, -0.05) is 0 Å². The molecule has 72 valence electrons. The van der Waals surface area contributed by atoms with Crippen molar-refractivity contribution in [2.45, 2.75) is 26.6 Å². The monoisotopic (exact) mass is 196 g/mol. The predicted octanol–water partition coefficient (Wildman–Crippen LogP) is 2.94. The molecular formula is C7H14F2O2Si. The molecule has 0 aliphatic heterocycles. The van der Waals surface area contributed by atoms with Crippen molar-refractivity contribution in [3.8, 4) is 0 Å². The van der Waals surface area contributed by atoms with Crippen LogP contribution in [-0.4, -0.2) is 14.9 Å². The molecule has 0 amide bonds. The van der Waals surface area contributed by atoms with Gasteiger partial charge in [-0.2, -0.15) is 8.78 Å². The van der Waals surface area contributed by atoms with E-state index < -0.39 is 20.3 Å². The lowest BCUT2D eigenvalue weighted by Crippen LogP contribution is -2.26. The van der Waals surface area contributed by atoms with E-state index in [-0.39, 0.29) is 6.61 Å². The Morgan fingerprint density at radius 3 is 2.00 bits per heavy atom. The Hall–Kier alpha value is -0.583. The number of rotatable bonds is 4. The molecule has 2 nitrogen and oxygen atoms in total. The summed E-state index contributed by atoms with van der Waals surface area (Å²) in [6.07, 6.45) is -1.89. The quantitative estimate of drug-likeness (QED) is 0.508. The molecule has 0 aliphatic rings. The first-order chi connectivity index (χ1) is 5.37. The number of ether oxygens (including phenoxy) is 1. The van der Waals surface area contributed by atoms with Gasteiger partial charge in [0, 0.05) is 0 Å². The lowest BCUT2D eigenvalue weighted by atomic mass is 10.8. The fraction of sp³-hybridized carbons (Fsp3) is 0.714. The van der Waals surface area contributed by atoms with Crippen LogP contribution in [0.15, 0.2) is 12.0 Å². The molecule has 0 radical (unpaired) electrons. The average Bonchev–Trinajstić information content (AvgIpc) is 1.83. The molecule has 0 rings (SSSR count). The van der Waals surface area contributed by atoms with Gasteiger partial charge in [-0.25, -0.2) is 0 Å². The van der Waals surface area contributed by atoms with E-state index in [4.69, 9.17) is 4.43 Å². The summed E-state index contributed by atoms with van der Waals surface area (Å²) < 4.78 is 33.7. The van der Waals surface area contributed by atoms with Crippen LogP contribution in [0.1, 0.15) is 6.92 Å². The third kappa shape index (κ3) is 5.12. The summed E-state index contributed by atoms with van der Waals surface area (Å²) >= 11 is 0. The maximum atomic E-state index is 12.1. The van der Waals surface area contributed by atoms with E-state index in [0.29, 0.717) is 0 Å². The average molecular weight is 196 g/mol. The molecule has 0 saturated carbocycles. The van der Waals surface area contributed by atoms with Gasteiger partial charge in [0.15, 0.2) is 0 Å². The van der Waals surface area contributed by atoms with Crippen LogP contribution in [0.4, 0.5) is 8.78 Å². The Kier molecular flexibility index (Phi) is 4.23. The second-order valence-electron chi connectivity index (χ2n) is 3.20. The van der Waals surface area contributed by atoms with Crippen LogP contribution < -0.4 is 0 Å². The molecule has 0 saturated heterocycles. The highest BCUT2D eigenvalue weighted by atomic mass is 28.4. The van der Waals surface area contributed by atoms with Crippen molar-refractivity contribution < 1.29 is 17.9 Å². The lowest BCUT2D eigenvalue weighted by molar-refractivity contribution is 0.0868. The van der Waals surface area contributed by atoms with E-state index in [1.54, 1.807) is 6.92 Å². The van der Waals surface area contributed by atoms with Gasteiger partial charge in [0.1, 0.15) is 0 Å². The molecule has 0 bridgehead atoms. The van der Waals surface area contributed by atoms with Crippen molar-refractivity contribution >= 4 is 8.32 Å². The van der Waals surface area contributed by atoms with Crippen LogP contribution in [0.3, 0.4) is 0 Å². The zero-order chi connectivity index (χ0) is 9.78. The van der Waals surface area contributed by atoms with E-state index >= 15 is 0 Å². The van der Waals surface area contributed by atoms with Crippen molar-refractivity contribution in [2.24, 2.45) is 0 Å². The molecule has 12 heavy (non-hydrogen) atoms. The number of halogens is 2. The highest BCUT2D eigenvalue weighted by Crippen LogP contribution is 2.16. The summed E-state index contributed by atoms with van der Waals surface area (Å²) in [5.74, 6) is -0.614. The molecule has 0 fully saturated rings. The number of hydrogen-bond acceptors (Lipinski definition) is 2. The molecule has 5 heteroatoms. The van der Waals surface area contributed by atoms with Gasteiger partial charge in [-0.05, 0) is 26.6 Å². The first kappa shape index (κ1) is 11.4. The maximum absolute atomic E-state index is 12.1. The van der Waals surface area contributed by atoms with Gasteiger partial charge in [0.05, 0.1) is 6.61 Å². The first-order valence-electron chi connectivity index (χ1n) is 3.74. The highest BCUT2D eigenvalue weighted by molar-refractivity contribution is 6.69. The van der Waals surface area contributed by atoms with Gasteiger partial charge in [0.25, 0.3) is 0 Å². The van der Waals surface area contributed by atoms with Crippen molar-refractivity contribution in [3.05, 3.63) is 12.0 Å². The Bertz CT molecular complexity index is 171. The highest BCUT2D eigenvalue weighted by Gasteiger charge is 2.21. The standard InChI is InChI=1S/C7H14F2O2Si/c1-5-10-7(6(8)9)11-12(2,3)4/h5H2,1-4H3. The third-order valence-corrected chi connectivity index (χ3v) is 1.63. The van der Waals surface area contributed by atoms with Crippen molar-refractivity contribution in [3.63, 3.8) is 0 Å². The minimum atomic E-state index is -1.98. The van der Waals surface area contributed by atoms with E-state index in [0.717, 1.165) is 0 Å². The molecule has 0 N–H and O–H groups in total. The summed E-state index contributed by atoms with van der Waals surface area (Å²) in [6.45, 7) is 7.27. The molecular weight excluding hydrogens is 182 g/mol. The second kappa shape index (κ2) is 4.44. The van der Waals surface area contributed by atoms with Crippen LogP contribution >= 0.6 is 0 Å². The largest absolute Gasteiger partial charge is 0.516 e. The molecule has 0 aromatic rings. The van der Waals surface area contributed by atoms with Crippen LogP contribution in [0.5, 0.6) is 0 Å². The summed E-state index contributed by atoms with van der Waals surface area (Å²) in [5, 5.41) is 0. The van der Waals surface area contributed by atoms with Gasteiger partial charge in [-0.3, -0.25) is 0 Å². The van der Waals surface area contributed by atoms with Crippen LogP contribution in [0.2, 0.25) is 19.6 Å². The smallest absolute Gasteiger partial charge is 0.348 e. The zero-order valence-corrected chi connectivity index (χ0v) is 8.78. The van der Waals surface area contributed by atoms with Crippen molar-refractivity contribution in [1.82, 2.24) is 0 Å². The molecule has 0 heterocycles. The second-order valence-corrected chi connectivity index (χ2v) is 7.62. The fourth-order valence-corrected chi connectivity index (χ4v) is 1.22. The van der Waals surface area contributed by atoms with E-state index in [1.807, 2.05) is 19.6 Å². The van der Waals surface area contributed by atoms with Gasteiger partial charge >= 0.3 is 12.0 Å². The summed E-state index contributed by atoms with van der Waals surface area (Å²) in [4.78, 5) is 0. The van der Waals surface area contributed by atoms with Crippen LogP contribution in [-0.2, 0) is 9.16 Å².